The van der Waals surface area contributed by atoms with Gasteiger partial charge >= 0.3 is 0 Å². The molecule has 0 spiro atoms. The Kier molecular flexibility index (Phi) is 5.92. The van der Waals surface area contributed by atoms with E-state index in [0.29, 0.717) is 39.1 Å². The summed E-state index contributed by atoms with van der Waals surface area (Å²) in [4.78, 5) is 16.9. The number of nitrogens with one attached hydrogen (secondary N) is 1. The first-order valence-electron chi connectivity index (χ1n) is 8.82. The summed E-state index contributed by atoms with van der Waals surface area (Å²) in [5, 5.41) is 12.0. The molecule has 30 heavy (non-hydrogen) atoms. The topological polar surface area (TPSA) is 91.2 Å². The minimum Gasteiger partial charge on any atom is -0.495 e. The van der Waals surface area contributed by atoms with E-state index in [9.17, 15) is 4.79 Å². The van der Waals surface area contributed by atoms with Crippen LogP contribution in [0.15, 0.2) is 61.1 Å². The maximum atomic E-state index is 12.8. The molecule has 0 unspecified atom stereocenters. The van der Waals surface area contributed by atoms with Gasteiger partial charge in [-0.3, -0.25) is 14.7 Å². The van der Waals surface area contributed by atoms with Crippen LogP contribution in [0.4, 0.5) is 5.13 Å². The first-order chi connectivity index (χ1) is 14.6. The zero-order chi connectivity index (χ0) is 20.9. The van der Waals surface area contributed by atoms with Crippen molar-refractivity contribution in [3.05, 3.63) is 77.3 Å². The second-order valence-corrected chi connectivity index (χ2v) is 7.44. The van der Waals surface area contributed by atoms with Gasteiger partial charge in [0.1, 0.15) is 18.1 Å². The summed E-state index contributed by atoms with van der Waals surface area (Å²) in [6, 6.07) is 14.7. The molecule has 0 aliphatic carbocycles. The molecule has 2 aromatic carbocycles. The highest BCUT2D eigenvalue weighted by molar-refractivity contribution is 7.17. The standard InChI is InChI=1S/C20H16ClN5O3S/c1-28-17-5-3-2-4-15(17)26-12-22-10-16(26)18(27)23-19-24-25-20(30-19)29-11-13-6-8-14(21)9-7-13/h2-10,12H,11H2,1H3,(H,23,24,27). The average molecular weight is 442 g/mol. The number of carbonyl (C=O) groups excluding carboxylic acids is 1. The molecule has 1 amide bonds. The van der Waals surface area contributed by atoms with E-state index < -0.39 is 0 Å². The lowest BCUT2D eigenvalue weighted by atomic mass is 10.2. The molecule has 0 bridgehead atoms. The summed E-state index contributed by atoms with van der Waals surface area (Å²) in [6.45, 7) is 0.320. The number of imidazole rings is 1. The Morgan fingerprint density at radius 1 is 1.17 bits per heavy atom. The highest BCUT2D eigenvalue weighted by Crippen LogP contribution is 2.26. The quantitative estimate of drug-likeness (QED) is 0.461. The van der Waals surface area contributed by atoms with E-state index in [-0.39, 0.29) is 5.91 Å². The summed E-state index contributed by atoms with van der Waals surface area (Å²) in [7, 11) is 1.57. The van der Waals surface area contributed by atoms with Crippen LogP contribution in [0.3, 0.4) is 0 Å². The van der Waals surface area contributed by atoms with Gasteiger partial charge < -0.3 is 9.47 Å². The van der Waals surface area contributed by atoms with Gasteiger partial charge in [-0.1, -0.05) is 41.0 Å². The van der Waals surface area contributed by atoms with Crippen molar-refractivity contribution in [2.45, 2.75) is 6.61 Å². The van der Waals surface area contributed by atoms with Crippen LogP contribution in [0.5, 0.6) is 10.9 Å². The molecule has 4 rings (SSSR count). The number of halogens is 1. The average Bonchev–Trinajstić information content (AvgIpc) is 3.43. The number of ether oxygens (including phenoxy) is 2. The lowest BCUT2D eigenvalue weighted by molar-refractivity contribution is 0.102. The molecular weight excluding hydrogens is 426 g/mol. The fourth-order valence-electron chi connectivity index (χ4n) is 2.69. The molecule has 0 atom stereocenters. The maximum absolute atomic E-state index is 12.8. The number of amides is 1. The van der Waals surface area contributed by atoms with E-state index in [1.165, 1.54) is 6.20 Å². The van der Waals surface area contributed by atoms with E-state index in [4.69, 9.17) is 21.1 Å². The van der Waals surface area contributed by atoms with E-state index in [2.05, 4.69) is 20.5 Å². The fourth-order valence-corrected chi connectivity index (χ4v) is 3.41. The van der Waals surface area contributed by atoms with Crippen molar-refractivity contribution in [2.24, 2.45) is 0 Å². The number of benzene rings is 2. The van der Waals surface area contributed by atoms with Gasteiger partial charge in [0.05, 0.1) is 25.3 Å². The smallest absolute Gasteiger partial charge is 0.296 e. The third-order valence-corrected chi connectivity index (χ3v) is 5.12. The molecule has 152 valence electrons. The molecule has 0 radical (unpaired) electrons. The van der Waals surface area contributed by atoms with Crippen LogP contribution in [0.2, 0.25) is 5.02 Å². The van der Waals surface area contributed by atoms with Gasteiger partial charge in [0, 0.05) is 5.02 Å². The van der Waals surface area contributed by atoms with Gasteiger partial charge in [-0.05, 0) is 41.2 Å². The molecule has 2 aromatic heterocycles. The van der Waals surface area contributed by atoms with Crippen LogP contribution in [-0.4, -0.2) is 32.8 Å². The highest BCUT2D eigenvalue weighted by Gasteiger charge is 2.17. The van der Waals surface area contributed by atoms with E-state index in [1.807, 2.05) is 36.4 Å². The number of carbonyl (C=O) groups is 1. The van der Waals surface area contributed by atoms with E-state index in [0.717, 1.165) is 16.9 Å². The Bertz CT molecular complexity index is 1160. The van der Waals surface area contributed by atoms with Crippen LogP contribution < -0.4 is 14.8 Å². The van der Waals surface area contributed by atoms with Crippen LogP contribution >= 0.6 is 22.9 Å². The second-order valence-electron chi connectivity index (χ2n) is 6.06. The van der Waals surface area contributed by atoms with Crippen molar-refractivity contribution in [3.63, 3.8) is 0 Å². The monoisotopic (exact) mass is 441 g/mol. The molecule has 0 aliphatic heterocycles. The molecular formula is C20H16ClN5O3S. The molecule has 2 heterocycles. The summed E-state index contributed by atoms with van der Waals surface area (Å²) >= 11 is 7.01. The van der Waals surface area contributed by atoms with Crippen molar-refractivity contribution >= 4 is 34.0 Å². The lowest BCUT2D eigenvalue weighted by Gasteiger charge is -2.11. The first kappa shape index (κ1) is 19.9. The van der Waals surface area contributed by atoms with E-state index >= 15 is 0 Å². The van der Waals surface area contributed by atoms with Gasteiger partial charge in [0.2, 0.25) is 5.13 Å². The maximum Gasteiger partial charge on any atom is 0.296 e. The molecule has 4 aromatic rings. The summed E-state index contributed by atoms with van der Waals surface area (Å²) in [5.41, 5.74) is 1.98. The Hall–Kier alpha value is -3.43. The molecule has 10 heteroatoms. The second kappa shape index (κ2) is 8.93. The lowest BCUT2D eigenvalue weighted by Crippen LogP contribution is -2.16. The fraction of sp³-hybridized carbons (Fsp3) is 0.100. The highest BCUT2D eigenvalue weighted by atomic mass is 35.5. The van der Waals surface area contributed by atoms with Gasteiger partial charge in [0.25, 0.3) is 11.1 Å². The molecule has 1 N–H and O–H groups in total. The Balaban J connectivity index is 1.44. The van der Waals surface area contributed by atoms with Crippen LogP contribution in [-0.2, 0) is 6.61 Å². The molecule has 8 nitrogen and oxygen atoms in total. The van der Waals surface area contributed by atoms with Crippen molar-refractivity contribution in [1.82, 2.24) is 19.7 Å². The third-order valence-electron chi connectivity index (χ3n) is 4.12. The molecule has 0 saturated carbocycles. The van der Waals surface area contributed by atoms with Crippen LogP contribution in [0, 0.1) is 0 Å². The summed E-state index contributed by atoms with van der Waals surface area (Å²) in [6.07, 6.45) is 3.02. The van der Waals surface area contributed by atoms with Gasteiger partial charge in [-0.15, -0.1) is 5.10 Å². The van der Waals surface area contributed by atoms with Crippen molar-refractivity contribution in [2.75, 3.05) is 12.4 Å². The summed E-state index contributed by atoms with van der Waals surface area (Å²) in [5.74, 6) is 0.247. The number of methoxy groups -OCH3 is 1. The Morgan fingerprint density at radius 3 is 2.77 bits per heavy atom. The van der Waals surface area contributed by atoms with E-state index in [1.54, 1.807) is 30.1 Å². The Labute approximate surface area is 181 Å². The van der Waals surface area contributed by atoms with Crippen LogP contribution in [0.1, 0.15) is 16.1 Å². The zero-order valence-electron chi connectivity index (χ0n) is 15.8. The normalized spacial score (nSPS) is 10.6. The molecule has 0 saturated heterocycles. The third kappa shape index (κ3) is 4.42. The van der Waals surface area contributed by atoms with Gasteiger partial charge in [0.15, 0.2) is 0 Å². The summed E-state index contributed by atoms with van der Waals surface area (Å²) < 4.78 is 12.6. The zero-order valence-corrected chi connectivity index (χ0v) is 17.4. The minimum atomic E-state index is -0.376. The Morgan fingerprint density at radius 2 is 1.97 bits per heavy atom. The largest absolute Gasteiger partial charge is 0.495 e. The first-order valence-corrected chi connectivity index (χ1v) is 10.0. The van der Waals surface area contributed by atoms with Crippen molar-refractivity contribution < 1.29 is 14.3 Å². The number of hydrogen-bond acceptors (Lipinski definition) is 7. The number of anilines is 1. The number of nitrogens with zero attached hydrogens (tertiary/aromatic N) is 4. The van der Waals surface area contributed by atoms with Crippen molar-refractivity contribution in [1.29, 1.82) is 0 Å². The number of hydrogen-bond donors (Lipinski definition) is 1. The SMILES string of the molecule is COc1ccccc1-n1cncc1C(=O)Nc1nnc(OCc2ccc(Cl)cc2)s1. The predicted octanol–water partition coefficient (Wildman–Crippen LogP) is 4.22. The molecule has 0 fully saturated rings. The van der Waals surface area contributed by atoms with Gasteiger partial charge in [-0.25, -0.2) is 4.98 Å². The number of rotatable bonds is 7. The van der Waals surface area contributed by atoms with Crippen molar-refractivity contribution in [3.8, 4) is 16.6 Å². The number of aromatic nitrogens is 4. The molecule has 0 aliphatic rings. The minimum absolute atomic E-state index is 0.318. The van der Waals surface area contributed by atoms with Crippen LogP contribution in [0.25, 0.3) is 5.69 Å². The number of para-hydroxylation sites is 2. The van der Waals surface area contributed by atoms with Gasteiger partial charge in [-0.2, -0.15) is 0 Å². The predicted molar refractivity (Wildman–Crippen MR) is 114 cm³/mol.